The van der Waals surface area contributed by atoms with Crippen molar-refractivity contribution >= 4 is 22.4 Å². The average molecular weight is 350 g/mol. The third-order valence-corrected chi connectivity index (χ3v) is 4.99. The Bertz CT molecular complexity index is 893. The molecule has 1 aromatic heterocycles. The molecule has 0 aliphatic rings. The number of carbonyl (C=O) groups excluding carboxylic acids is 1. The Balaban J connectivity index is 1.75. The molecule has 0 bridgehead atoms. The number of anilines is 1. The molecule has 3 rings (SSSR count). The van der Waals surface area contributed by atoms with Crippen LogP contribution in [0.4, 0.5) is 5.69 Å². The first-order valence-corrected chi connectivity index (χ1v) is 9.20. The molecule has 3 aromatic rings. The summed E-state index contributed by atoms with van der Waals surface area (Å²) >= 11 is 0. The molecule has 0 radical (unpaired) electrons. The lowest BCUT2D eigenvalue weighted by Crippen LogP contribution is -3.11. The fraction of sp³-hybridized carbons (Fsp3) is 0.318. The summed E-state index contributed by atoms with van der Waals surface area (Å²) in [5.74, 6) is 0.210. The smallest absolute Gasteiger partial charge is 0.219 e. The Morgan fingerprint density at radius 3 is 2.42 bits per heavy atom. The summed E-state index contributed by atoms with van der Waals surface area (Å²) in [5.41, 5.74) is 5.29. The van der Waals surface area contributed by atoms with Crippen molar-refractivity contribution in [2.45, 2.75) is 20.4 Å². The Labute approximate surface area is 155 Å². The molecule has 0 aliphatic heterocycles. The molecule has 1 unspecified atom stereocenters. The predicted octanol–water partition coefficient (Wildman–Crippen LogP) is 2.83. The van der Waals surface area contributed by atoms with E-state index in [4.69, 9.17) is 0 Å². The number of aryl methyl sites for hydroxylation is 1. The van der Waals surface area contributed by atoms with Gasteiger partial charge in [-0.05, 0) is 32.0 Å². The maximum atomic E-state index is 13.0. The van der Waals surface area contributed by atoms with Crippen molar-refractivity contribution in [3.8, 4) is 0 Å². The highest BCUT2D eigenvalue weighted by Crippen LogP contribution is 2.21. The van der Waals surface area contributed by atoms with Gasteiger partial charge in [0.2, 0.25) is 5.78 Å². The number of H-pyrrole nitrogens is 1. The normalized spacial score (nSPS) is 12.3. The number of likely N-dealkylation sites (N-methyl/N-ethyl adjacent to an activating group) is 1. The van der Waals surface area contributed by atoms with Crippen LogP contribution in [0.25, 0.3) is 10.9 Å². The number of nitrogens with one attached hydrogen (secondary N) is 2. The Morgan fingerprint density at radius 1 is 1.08 bits per heavy atom. The first-order valence-electron chi connectivity index (χ1n) is 9.20. The first-order chi connectivity index (χ1) is 12.5. The lowest BCUT2D eigenvalue weighted by Gasteiger charge is -2.18. The number of Topliss-reactive ketones (excluding diaryl/α,β-unsaturated/α-hetero) is 1. The molecule has 2 N–H and O–H groups in total. The Hall–Kier alpha value is -2.59. The average Bonchev–Trinajstić information content (AvgIpc) is 2.97. The summed E-state index contributed by atoms with van der Waals surface area (Å²) in [6.07, 6.45) is 0. The lowest BCUT2D eigenvalue weighted by atomic mass is 10.1. The van der Waals surface area contributed by atoms with Crippen LogP contribution >= 0.6 is 0 Å². The number of carbonyl (C=O) groups is 1. The van der Waals surface area contributed by atoms with Gasteiger partial charge in [0.1, 0.15) is 13.1 Å². The van der Waals surface area contributed by atoms with Crippen molar-refractivity contribution in [1.29, 1.82) is 0 Å². The van der Waals surface area contributed by atoms with Crippen LogP contribution in [0.1, 0.15) is 28.5 Å². The molecular weight excluding hydrogens is 322 g/mol. The number of nitrogens with zero attached hydrogens (tertiary/aromatic N) is 1. The SMILES string of the molecule is CC[NH+](CC(=O)c1c(C)[nH]c2ccccc12)Cc1ccc(N(C)C)cc1. The van der Waals surface area contributed by atoms with Crippen LogP contribution in [-0.2, 0) is 6.54 Å². The number of quaternary nitrogens is 1. The topological polar surface area (TPSA) is 40.5 Å². The van der Waals surface area contributed by atoms with Crippen molar-refractivity contribution in [2.24, 2.45) is 0 Å². The number of ketones is 1. The summed E-state index contributed by atoms with van der Waals surface area (Å²) in [6, 6.07) is 16.6. The van der Waals surface area contributed by atoms with E-state index in [-0.39, 0.29) is 5.78 Å². The van der Waals surface area contributed by atoms with Gasteiger partial charge in [0, 0.05) is 41.9 Å². The number of fused-ring (bicyclic) bond motifs is 1. The number of rotatable bonds is 7. The van der Waals surface area contributed by atoms with Crippen molar-refractivity contribution in [3.63, 3.8) is 0 Å². The highest BCUT2D eigenvalue weighted by Gasteiger charge is 2.20. The fourth-order valence-electron chi connectivity index (χ4n) is 3.46. The van der Waals surface area contributed by atoms with Gasteiger partial charge >= 0.3 is 0 Å². The number of hydrogen-bond acceptors (Lipinski definition) is 2. The van der Waals surface area contributed by atoms with E-state index in [2.05, 4.69) is 41.1 Å². The minimum absolute atomic E-state index is 0.210. The molecule has 4 nitrogen and oxygen atoms in total. The van der Waals surface area contributed by atoms with E-state index < -0.39 is 0 Å². The molecular formula is C22H28N3O+. The first kappa shape index (κ1) is 18.2. The number of hydrogen-bond donors (Lipinski definition) is 2. The second-order valence-corrected chi connectivity index (χ2v) is 7.11. The van der Waals surface area contributed by atoms with Crippen molar-refractivity contribution in [2.75, 3.05) is 32.1 Å². The quantitative estimate of drug-likeness (QED) is 0.643. The zero-order valence-electron chi connectivity index (χ0n) is 16.1. The lowest BCUT2D eigenvalue weighted by molar-refractivity contribution is -0.903. The number of aromatic amines is 1. The van der Waals surface area contributed by atoms with Gasteiger partial charge in [0.25, 0.3) is 0 Å². The minimum Gasteiger partial charge on any atom is -0.378 e. The maximum Gasteiger partial charge on any atom is 0.219 e. The van der Waals surface area contributed by atoms with Gasteiger partial charge < -0.3 is 14.8 Å². The van der Waals surface area contributed by atoms with E-state index >= 15 is 0 Å². The molecule has 0 aliphatic carbocycles. The second kappa shape index (κ2) is 7.75. The summed E-state index contributed by atoms with van der Waals surface area (Å²) in [6.45, 7) is 6.41. The van der Waals surface area contributed by atoms with Crippen molar-refractivity contribution in [1.82, 2.24) is 4.98 Å². The van der Waals surface area contributed by atoms with E-state index in [9.17, 15) is 4.79 Å². The zero-order valence-corrected chi connectivity index (χ0v) is 16.1. The predicted molar refractivity (Wildman–Crippen MR) is 108 cm³/mol. The molecule has 4 heteroatoms. The van der Waals surface area contributed by atoms with Crippen LogP contribution in [0.15, 0.2) is 48.5 Å². The number of para-hydroxylation sites is 1. The van der Waals surface area contributed by atoms with Gasteiger partial charge in [-0.1, -0.05) is 30.3 Å². The van der Waals surface area contributed by atoms with Crippen LogP contribution in [0, 0.1) is 6.92 Å². The molecule has 0 saturated heterocycles. The van der Waals surface area contributed by atoms with Crippen LogP contribution in [0.5, 0.6) is 0 Å². The largest absolute Gasteiger partial charge is 0.378 e. The van der Waals surface area contributed by atoms with Crippen LogP contribution in [0.3, 0.4) is 0 Å². The highest BCUT2D eigenvalue weighted by atomic mass is 16.1. The van der Waals surface area contributed by atoms with Gasteiger partial charge in [0.05, 0.1) is 12.1 Å². The summed E-state index contributed by atoms with van der Waals surface area (Å²) in [4.78, 5) is 19.7. The van der Waals surface area contributed by atoms with Crippen LogP contribution in [-0.4, -0.2) is 38.0 Å². The van der Waals surface area contributed by atoms with E-state index in [0.717, 1.165) is 35.2 Å². The van der Waals surface area contributed by atoms with Gasteiger partial charge in [0.15, 0.2) is 0 Å². The second-order valence-electron chi connectivity index (χ2n) is 7.11. The molecule has 0 fully saturated rings. The molecule has 2 aromatic carbocycles. The number of benzene rings is 2. The van der Waals surface area contributed by atoms with Crippen molar-refractivity contribution < 1.29 is 9.69 Å². The van der Waals surface area contributed by atoms with Crippen molar-refractivity contribution in [3.05, 3.63) is 65.4 Å². The highest BCUT2D eigenvalue weighted by molar-refractivity contribution is 6.09. The molecule has 1 atom stereocenters. The molecule has 0 spiro atoms. The monoisotopic (exact) mass is 350 g/mol. The fourth-order valence-corrected chi connectivity index (χ4v) is 3.46. The minimum atomic E-state index is 0.210. The van der Waals surface area contributed by atoms with E-state index in [1.807, 2.05) is 45.3 Å². The standard InChI is InChI=1S/C22H27N3O/c1-5-25(14-17-10-12-18(13-11-17)24(3)4)15-21(26)22-16(2)23-20-9-7-6-8-19(20)22/h6-13,23H,5,14-15H2,1-4H3/p+1. The van der Waals surface area contributed by atoms with Gasteiger partial charge in [-0.2, -0.15) is 0 Å². The summed E-state index contributed by atoms with van der Waals surface area (Å²) in [7, 11) is 4.08. The Kier molecular flexibility index (Phi) is 5.43. The number of aromatic nitrogens is 1. The zero-order chi connectivity index (χ0) is 18.7. The maximum absolute atomic E-state index is 13.0. The molecule has 0 amide bonds. The van der Waals surface area contributed by atoms with Gasteiger partial charge in [-0.3, -0.25) is 4.79 Å². The molecule has 136 valence electrons. The molecule has 0 saturated carbocycles. The third kappa shape index (κ3) is 3.81. The Morgan fingerprint density at radius 2 is 1.77 bits per heavy atom. The van der Waals surface area contributed by atoms with Crippen LogP contribution in [0.2, 0.25) is 0 Å². The third-order valence-electron chi connectivity index (χ3n) is 4.99. The van der Waals surface area contributed by atoms with Gasteiger partial charge in [-0.25, -0.2) is 0 Å². The van der Waals surface area contributed by atoms with E-state index in [0.29, 0.717) is 6.54 Å². The van der Waals surface area contributed by atoms with Gasteiger partial charge in [-0.15, -0.1) is 0 Å². The summed E-state index contributed by atoms with van der Waals surface area (Å²) in [5, 5.41) is 1.03. The molecule has 1 heterocycles. The van der Waals surface area contributed by atoms with E-state index in [1.165, 1.54) is 16.2 Å². The molecule has 26 heavy (non-hydrogen) atoms. The summed E-state index contributed by atoms with van der Waals surface area (Å²) < 4.78 is 0. The van der Waals surface area contributed by atoms with E-state index in [1.54, 1.807) is 0 Å². The van der Waals surface area contributed by atoms with Crippen LogP contribution < -0.4 is 9.80 Å².